The fourth-order valence-electron chi connectivity index (χ4n) is 7.22. The number of nitrogens with zero attached hydrogens (tertiary/aromatic N) is 7. The minimum absolute atomic E-state index is 0.0173. The van der Waals surface area contributed by atoms with Crippen LogP contribution in [-0.2, 0) is 12.4 Å². The third-order valence-electron chi connectivity index (χ3n) is 9.64. The van der Waals surface area contributed by atoms with Crippen LogP contribution in [0.3, 0.4) is 0 Å². The third-order valence-corrected chi connectivity index (χ3v) is 9.64. The molecule has 13 heteroatoms. The lowest BCUT2D eigenvalue weighted by Gasteiger charge is -2.22. The van der Waals surface area contributed by atoms with Crippen molar-refractivity contribution in [3.8, 4) is 28.6 Å². The van der Waals surface area contributed by atoms with Gasteiger partial charge in [0, 0.05) is 38.1 Å². The summed E-state index contributed by atoms with van der Waals surface area (Å²) in [5.74, 6) is 0. The molecule has 0 saturated carbocycles. The quantitative estimate of drug-likeness (QED) is 0.131. The number of nitriles is 1. The highest BCUT2D eigenvalue weighted by atomic mass is 19.4. The van der Waals surface area contributed by atoms with E-state index in [1.54, 1.807) is 81.9 Å². The van der Waals surface area contributed by atoms with Crippen molar-refractivity contribution in [2.45, 2.75) is 12.4 Å². The van der Waals surface area contributed by atoms with Gasteiger partial charge in [-0.3, -0.25) is 0 Å². The van der Waals surface area contributed by atoms with E-state index in [0.717, 1.165) is 0 Å². The average Bonchev–Trinajstić information content (AvgIpc) is 3.69. The molecule has 8 aromatic rings. The van der Waals surface area contributed by atoms with E-state index in [2.05, 4.69) is 25.4 Å². The number of aromatic nitrogens is 2. The number of benzene rings is 6. The molecule has 0 bridgehead atoms. The van der Waals surface area contributed by atoms with Crippen molar-refractivity contribution >= 4 is 66.4 Å². The number of rotatable bonds is 3. The third kappa shape index (κ3) is 5.41. The second-order valence-electron chi connectivity index (χ2n) is 12.7. The zero-order valence-electron chi connectivity index (χ0n) is 28.2. The summed E-state index contributed by atoms with van der Waals surface area (Å²) < 4.78 is 88.8. The highest BCUT2D eigenvalue weighted by molar-refractivity contribution is 6.13. The molecule has 266 valence electrons. The molecule has 56 heavy (non-hydrogen) atoms. The van der Waals surface area contributed by atoms with Gasteiger partial charge in [0.15, 0.2) is 22.7 Å². The maximum atomic E-state index is 14.7. The molecule has 6 aromatic carbocycles. The van der Waals surface area contributed by atoms with Crippen LogP contribution >= 0.6 is 0 Å². The summed E-state index contributed by atoms with van der Waals surface area (Å²) in [6, 6.07) is 25.6. The smallest absolute Gasteiger partial charge is 0.310 e. The van der Waals surface area contributed by atoms with Crippen LogP contribution in [0.15, 0.2) is 103 Å². The van der Waals surface area contributed by atoms with Crippen molar-refractivity contribution in [2.75, 3.05) is 0 Å². The van der Waals surface area contributed by atoms with Gasteiger partial charge in [-0.2, -0.15) is 31.6 Å². The Hall–Kier alpha value is -8.05. The zero-order valence-corrected chi connectivity index (χ0v) is 28.2. The summed E-state index contributed by atoms with van der Waals surface area (Å²) in [6.45, 7) is 31.4. The molecule has 0 N–H and O–H groups in total. The molecule has 0 aliphatic carbocycles. The number of fused-ring (bicyclic) bond motifs is 6. The van der Waals surface area contributed by atoms with Gasteiger partial charge in [0.2, 0.25) is 0 Å². The molecule has 0 unspecified atom stereocenters. The molecule has 0 atom stereocenters. The van der Waals surface area contributed by atoms with E-state index in [1.807, 2.05) is 0 Å². The Morgan fingerprint density at radius 2 is 0.946 bits per heavy atom. The van der Waals surface area contributed by atoms with Crippen LogP contribution in [0.25, 0.3) is 85.5 Å². The van der Waals surface area contributed by atoms with Gasteiger partial charge in [-0.25, -0.2) is 19.4 Å². The van der Waals surface area contributed by atoms with Crippen molar-refractivity contribution in [3.05, 3.63) is 165 Å². The van der Waals surface area contributed by atoms with Gasteiger partial charge in [-0.15, -0.1) is 0 Å². The molecule has 0 radical (unpaired) electrons. The Labute approximate surface area is 313 Å². The first-order valence-electron chi connectivity index (χ1n) is 16.3. The van der Waals surface area contributed by atoms with Crippen LogP contribution in [0.2, 0.25) is 0 Å². The van der Waals surface area contributed by atoms with E-state index in [-0.39, 0.29) is 51.3 Å². The van der Waals surface area contributed by atoms with Crippen molar-refractivity contribution in [2.24, 2.45) is 0 Å². The molecule has 0 amide bonds. The number of alkyl halides is 6. The summed E-state index contributed by atoms with van der Waals surface area (Å²) in [5.41, 5.74) is -1.55. The Morgan fingerprint density at radius 3 is 1.38 bits per heavy atom. The minimum Gasteiger partial charge on any atom is -0.310 e. The normalized spacial score (nSPS) is 11.7. The van der Waals surface area contributed by atoms with E-state index >= 15 is 0 Å². The molecular formula is C43H17F6N7. The van der Waals surface area contributed by atoms with Crippen molar-refractivity contribution in [3.63, 3.8) is 0 Å². The first-order chi connectivity index (χ1) is 26.8. The monoisotopic (exact) mass is 745 g/mol. The summed E-state index contributed by atoms with van der Waals surface area (Å²) in [6.07, 6.45) is -10.4. The number of halogens is 6. The van der Waals surface area contributed by atoms with Gasteiger partial charge in [-0.05, 0) is 65.7 Å². The van der Waals surface area contributed by atoms with Gasteiger partial charge in [0.1, 0.15) is 0 Å². The zero-order chi connectivity index (χ0) is 39.7. The minimum atomic E-state index is -5.27. The van der Waals surface area contributed by atoms with Crippen LogP contribution in [0, 0.1) is 37.6 Å². The molecule has 8 rings (SSSR count). The van der Waals surface area contributed by atoms with E-state index < -0.39 is 29.0 Å². The standard InChI is InChI=1S/C43H17F6N7/c1-51-25-7-12-30-29-10-5-23(22-50)15-36(29)55(37(30)17-25)41-21-35(54-4)33(28-11-6-24(42(44,45)46)16-34(28)43(47,48)49)20-40(41)56-38-18-26(52-2)8-13-31(38)32-14-9-27(53-3)19-39(32)56/h5-21H. The molecule has 0 aliphatic heterocycles. The van der Waals surface area contributed by atoms with Crippen LogP contribution in [0.1, 0.15) is 16.7 Å². The number of hydrogen-bond acceptors (Lipinski definition) is 1. The van der Waals surface area contributed by atoms with Crippen molar-refractivity contribution < 1.29 is 26.3 Å². The van der Waals surface area contributed by atoms with E-state index in [0.29, 0.717) is 55.7 Å². The fourth-order valence-corrected chi connectivity index (χ4v) is 7.22. The second-order valence-corrected chi connectivity index (χ2v) is 12.7. The first kappa shape index (κ1) is 35.0. The first-order valence-corrected chi connectivity index (χ1v) is 16.3. The Bertz CT molecular complexity index is 3100. The van der Waals surface area contributed by atoms with Crippen LogP contribution in [0.4, 0.5) is 49.1 Å². The molecular weight excluding hydrogens is 729 g/mol. The van der Waals surface area contributed by atoms with Crippen LogP contribution in [-0.4, -0.2) is 9.13 Å². The largest absolute Gasteiger partial charge is 0.416 e. The van der Waals surface area contributed by atoms with Gasteiger partial charge < -0.3 is 9.13 Å². The molecule has 7 nitrogen and oxygen atoms in total. The Morgan fingerprint density at radius 1 is 0.482 bits per heavy atom. The molecule has 2 aromatic heterocycles. The van der Waals surface area contributed by atoms with Crippen LogP contribution < -0.4 is 0 Å². The predicted molar refractivity (Wildman–Crippen MR) is 200 cm³/mol. The maximum Gasteiger partial charge on any atom is 0.416 e. The maximum absolute atomic E-state index is 14.7. The highest BCUT2D eigenvalue weighted by Crippen LogP contribution is 2.48. The second kappa shape index (κ2) is 12.5. The Kier molecular flexibility index (Phi) is 7.83. The van der Waals surface area contributed by atoms with Gasteiger partial charge >= 0.3 is 12.4 Å². The highest BCUT2D eigenvalue weighted by Gasteiger charge is 2.39. The fraction of sp³-hybridized carbons (Fsp3) is 0.0465. The van der Waals surface area contributed by atoms with Gasteiger partial charge in [0.05, 0.1) is 65.9 Å². The molecule has 0 aliphatic rings. The summed E-state index contributed by atoms with van der Waals surface area (Å²) >= 11 is 0. The molecule has 0 saturated heterocycles. The Balaban J connectivity index is 1.62. The summed E-state index contributed by atoms with van der Waals surface area (Å²) in [7, 11) is 0. The van der Waals surface area contributed by atoms with Gasteiger partial charge in [0.25, 0.3) is 0 Å². The summed E-state index contributed by atoms with van der Waals surface area (Å²) in [4.78, 5) is 14.3. The lowest BCUT2D eigenvalue weighted by Crippen LogP contribution is -2.12. The SMILES string of the molecule is [C-]#[N+]c1ccc2c3ccc(C#N)cc3n(-c3cc([N+]#[C-])c(-c4ccc(C(F)(F)F)cc4C(F)(F)F)cc3-n3c4cc([N+]#[C-])ccc4c4ccc([N+]#[C-])cc43)c2c1. The van der Waals surface area contributed by atoms with Gasteiger partial charge in [-0.1, -0.05) is 48.5 Å². The van der Waals surface area contributed by atoms with E-state index in [4.69, 9.17) is 26.3 Å². The predicted octanol–water partition coefficient (Wildman–Crippen LogP) is 13.7. The molecule has 0 fully saturated rings. The topological polar surface area (TPSA) is 51.1 Å². The number of hydrogen-bond donors (Lipinski definition) is 0. The lowest BCUT2D eigenvalue weighted by atomic mass is 9.94. The van der Waals surface area contributed by atoms with Crippen molar-refractivity contribution in [1.82, 2.24) is 9.13 Å². The summed E-state index contributed by atoms with van der Waals surface area (Å²) in [5, 5.41) is 12.4. The van der Waals surface area contributed by atoms with E-state index in [1.165, 1.54) is 12.1 Å². The van der Waals surface area contributed by atoms with Crippen molar-refractivity contribution in [1.29, 1.82) is 5.26 Å². The van der Waals surface area contributed by atoms with E-state index in [9.17, 15) is 31.6 Å². The molecule has 2 heterocycles. The average molecular weight is 746 g/mol. The lowest BCUT2D eigenvalue weighted by molar-refractivity contribution is -0.142. The molecule has 0 spiro atoms. The van der Waals surface area contributed by atoms with Crippen LogP contribution in [0.5, 0.6) is 0 Å².